The van der Waals surface area contributed by atoms with E-state index in [-0.39, 0.29) is 0 Å². The summed E-state index contributed by atoms with van der Waals surface area (Å²) < 4.78 is 0. The number of hydrogen-bond acceptors (Lipinski definition) is 5. The van der Waals surface area contributed by atoms with Gasteiger partial charge in [-0.2, -0.15) is 5.26 Å². The van der Waals surface area contributed by atoms with Crippen LogP contribution in [-0.2, 0) is 0 Å². The van der Waals surface area contributed by atoms with Gasteiger partial charge in [-0.05, 0) is 38.9 Å². The van der Waals surface area contributed by atoms with Gasteiger partial charge in [0.05, 0.1) is 22.4 Å². The molecule has 0 unspecified atom stereocenters. The van der Waals surface area contributed by atoms with E-state index in [1.807, 2.05) is 6.07 Å². The zero-order valence-electron chi connectivity index (χ0n) is 14.0. The smallest absolute Gasteiger partial charge is 0.164 e. The van der Waals surface area contributed by atoms with E-state index in [4.69, 9.17) is 11.6 Å². The average molecular weight is 355 g/mol. The van der Waals surface area contributed by atoms with Crippen molar-refractivity contribution in [2.24, 2.45) is 0 Å². The molecule has 4 heterocycles. The van der Waals surface area contributed by atoms with Crippen LogP contribution in [0, 0.1) is 11.3 Å². The summed E-state index contributed by atoms with van der Waals surface area (Å²) in [5.74, 6) is 0. The third-order valence-electron chi connectivity index (χ3n) is 4.91. The summed E-state index contributed by atoms with van der Waals surface area (Å²) >= 11 is 6.19. The summed E-state index contributed by atoms with van der Waals surface area (Å²) in [5, 5.41) is 15.6. The van der Waals surface area contributed by atoms with Gasteiger partial charge in [-0.1, -0.05) is 11.6 Å². The molecule has 1 aliphatic heterocycles. The molecule has 4 rings (SSSR count). The molecule has 1 aliphatic rings. The van der Waals surface area contributed by atoms with Crippen molar-refractivity contribution in [3.63, 3.8) is 0 Å². The molecule has 2 N–H and O–H groups in total. The predicted molar refractivity (Wildman–Crippen MR) is 100 cm³/mol. The maximum absolute atomic E-state index is 9.68. The number of nitrogens with zero attached hydrogens (tertiary/aromatic N) is 4. The topological polar surface area (TPSA) is 80.6 Å². The van der Waals surface area contributed by atoms with Crippen LogP contribution in [0.1, 0.15) is 25.5 Å². The SMILES string of the molecule is CCN(c1c(C#N)ncc2[nH]c3ncc(Cl)cc3c12)C1CCNCC1. The van der Waals surface area contributed by atoms with E-state index < -0.39 is 0 Å². The maximum Gasteiger partial charge on any atom is 0.164 e. The van der Waals surface area contributed by atoms with Crippen LogP contribution < -0.4 is 10.2 Å². The summed E-state index contributed by atoms with van der Waals surface area (Å²) in [7, 11) is 0. The van der Waals surface area contributed by atoms with Gasteiger partial charge in [0.25, 0.3) is 0 Å². The molecule has 1 fully saturated rings. The molecule has 0 bridgehead atoms. The van der Waals surface area contributed by atoms with E-state index in [0.717, 1.165) is 60.1 Å². The molecule has 3 aromatic heterocycles. The lowest BCUT2D eigenvalue weighted by Crippen LogP contribution is -2.43. The van der Waals surface area contributed by atoms with Gasteiger partial charge in [-0.3, -0.25) is 0 Å². The van der Waals surface area contributed by atoms with Gasteiger partial charge >= 0.3 is 0 Å². The van der Waals surface area contributed by atoms with E-state index in [2.05, 4.69) is 38.2 Å². The predicted octanol–water partition coefficient (Wildman–Crippen LogP) is 3.21. The van der Waals surface area contributed by atoms with Gasteiger partial charge in [0.15, 0.2) is 5.69 Å². The number of nitriles is 1. The normalized spacial score (nSPS) is 15.6. The number of nitrogens with one attached hydrogen (secondary N) is 2. The molecule has 0 saturated carbocycles. The van der Waals surface area contributed by atoms with Gasteiger partial charge in [0.1, 0.15) is 11.7 Å². The number of anilines is 1. The summed E-state index contributed by atoms with van der Waals surface area (Å²) in [6, 6.07) is 4.57. The second-order valence-corrected chi connectivity index (χ2v) is 6.73. The Hall–Kier alpha value is -2.36. The zero-order valence-corrected chi connectivity index (χ0v) is 14.8. The number of aromatic amines is 1. The van der Waals surface area contributed by atoms with Crippen LogP contribution in [0.3, 0.4) is 0 Å². The van der Waals surface area contributed by atoms with E-state index in [9.17, 15) is 5.26 Å². The van der Waals surface area contributed by atoms with E-state index >= 15 is 0 Å². The molecule has 3 aromatic rings. The number of aromatic nitrogens is 3. The van der Waals surface area contributed by atoms with Crippen LogP contribution in [0.15, 0.2) is 18.5 Å². The van der Waals surface area contributed by atoms with Crippen molar-refractivity contribution in [2.45, 2.75) is 25.8 Å². The number of pyridine rings is 2. The molecule has 0 amide bonds. The van der Waals surface area contributed by atoms with Crippen molar-refractivity contribution in [1.29, 1.82) is 5.26 Å². The minimum atomic E-state index is 0.392. The summed E-state index contributed by atoms with van der Waals surface area (Å²) in [4.78, 5) is 14.4. The first-order chi connectivity index (χ1) is 12.2. The Morgan fingerprint density at radius 3 is 2.84 bits per heavy atom. The molecular formula is C18H19ClN6. The number of piperidine rings is 1. The van der Waals surface area contributed by atoms with Gasteiger partial charge in [-0.15, -0.1) is 0 Å². The minimum Gasteiger partial charge on any atom is -0.366 e. The van der Waals surface area contributed by atoms with Gasteiger partial charge in [0.2, 0.25) is 0 Å². The highest BCUT2D eigenvalue weighted by molar-refractivity contribution is 6.31. The van der Waals surface area contributed by atoms with Crippen molar-refractivity contribution in [2.75, 3.05) is 24.5 Å². The molecule has 7 heteroatoms. The number of rotatable bonds is 3. The number of H-pyrrole nitrogens is 1. The summed E-state index contributed by atoms with van der Waals surface area (Å²) in [5.41, 5.74) is 2.99. The average Bonchev–Trinajstić information content (AvgIpc) is 3.01. The van der Waals surface area contributed by atoms with E-state index in [0.29, 0.717) is 16.8 Å². The third kappa shape index (κ3) is 2.70. The Labute approximate surface area is 150 Å². The first kappa shape index (κ1) is 16.1. The fourth-order valence-electron chi connectivity index (χ4n) is 3.80. The molecule has 0 aromatic carbocycles. The summed E-state index contributed by atoms with van der Waals surface area (Å²) in [6.45, 7) is 4.93. The molecule has 0 atom stereocenters. The van der Waals surface area contributed by atoms with Crippen LogP contribution in [0.2, 0.25) is 5.02 Å². The second-order valence-electron chi connectivity index (χ2n) is 6.30. The standard InChI is InChI=1S/C18H19ClN6/c1-2-25(12-3-5-21-6-4-12)17-14(8-20)22-10-15-16(17)13-7-11(19)9-23-18(13)24-15/h7,9-10,12,21H,2-6H2,1H3,(H,23,24). The second kappa shape index (κ2) is 6.51. The lowest BCUT2D eigenvalue weighted by atomic mass is 10.0. The van der Waals surface area contributed by atoms with Gasteiger partial charge in [-0.25, -0.2) is 9.97 Å². The summed E-state index contributed by atoms with van der Waals surface area (Å²) in [6.07, 6.45) is 5.44. The zero-order chi connectivity index (χ0) is 17.4. The molecule has 25 heavy (non-hydrogen) atoms. The molecule has 128 valence electrons. The Kier molecular flexibility index (Phi) is 4.20. The Morgan fingerprint density at radius 2 is 2.12 bits per heavy atom. The molecule has 0 radical (unpaired) electrons. The van der Waals surface area contributed by atoms with Crippen molar-refractivity contribution in [3.8, 4) is 6.07 Å². The number of halogens is 1. The lowest BCUT2D eigenvalue weighted by molar-refractivity contribution is 0.434. The molecule has 0 spiro atoms. The third-order valence-corrected chi connectivity index (χ3v) is 5.12. The van der Waals surface area contributed by atoms with Crippen LogP contribution in [0.4, 0.5) is 5.69 Å². The molecule has 6 nitrogen and oxygen atoms in total. The van der Waals surface area contributed by atoms with Crippen LogP contribution in [0.5, 0.6) is 0 Å². The van der Waals surface area contributed by atoms with Crippen LogP contribution in [0.25, 0.3) is 21.9 Å². The highest BCUT2D eigenvalue weighted by Crippen LogP contribution is 2.37. The number of fused-ring (bicyclic) bond motifs is 3. The fraction of sp³-hybridized carbons (Fsp3) is 0.389. The number of hydrogen-bond donors (Lipinski definition) is 2. The van der Waals surface area contributed by atoms with Gasteiger partial charge in [0, 0.05) is 29.6 Å². The Balaban J connectivity index is 2.00. The highest BCUT2D eigenvalue weighted by atomic mass is 35.5. The fourth-order valence-corrected chi connectivity index (χ4v) is 3.96. The highest BCUT2D eigenvalue weighted by Gasteiger charge is 2.26. The van der Waals surface area contributed by atoms with Crippen molar-refractivity contribution in [3.05, 3.63) is 29.2 Å². The van der Waals surface area contributed by atoms with E-state index in [1.54, 1.807) is 12.4 Å². The van der Waals surface area contributed by atoms with Crippen molar-refractivity contribution >= 4 is 39.2 Å². The first-order valence-corrected chi connectivity index (χ1v) is 8.94. The molecular weight excluding hydrogens is 336 g/mol. The molecule has 0 aliphatic carbocycles. The Morgan fingerprint density at radius 1 is 1.32 bits per heavy atom. The largest absolute Gasteiger partial charge is 0.366 e. The van der Waals surface area contributed by atoms with Gasteiger partial charge < -0.3 is 15.2 Å². The Bertz CT molecular complexity index is 967. The maximum atomic E-state index is 9.68. The lowest BCUT2D eigenvalue weighted by Gasteiger charge is -2.36. The van der Waals surface area contributed by atoms with Crippen molar-refractivity contribution < 1.29 is 0 Å². The van der Waals surface area contributed by atoms with E-state index in [1.165, 1.54) is 0 Å². The van der Waals surface area contributed by atoms with Crippen molar-refractivity contribution in [1.82, 2.24) is 20.3 Å². The monoisotopic (exact) mass is 354 g/mol. The molecule has 1 saturated heterocycles. The van der Waals surface area contributed by atoms with Crippen LogP contribution in [-0.4, -0.2) is 40.6 Å². The first-order valence-electron chi connectivity index (χ1n) is 8.56. The minimum absolute atomic E-state index is 0.392. The van der Waals surface area contributed by atoms with Crippen LogP contribution >= 0.6 is 11.6 Å². The quantitative estimate of drug-likeness (QED) is 0.754.